The molecule has 138 valence electrons. The molecule has 0 bridgehead atoms. The maximum Gasteiger partial charge on any atom is 0.228 e. The second-order valence-corrected chi connectivity index (χ2v) is 7.83. The lowest BCUT2D eigenvalue weighted by Crippen LogP contribution is -2.40. The zero-order chi connectivity index (χ0) is 18.7. The number of benzene rings is 2. The van der Waals surface area contributed by atoms with Crippen LogP contribution >= 0.6 is 23.2 Å². The molecule has 0 unspecified atom stereocenters. The highest BCUT2D eigenvalue weighted by Crippen LogP contribution is 2.28. The van der Waals surface area contributed by atoms with Crippen LogP contribution in [0.3, 0.4) is 0 Å². The maximum atomic E-state index is 12.8. The van der Waals surface area contributed by atoms with Gasteiger partial charge < -0.3 is 5.32 Å². The van der Waals surface area contributed by atoms with Gasteiger partial charge in [0, 0.05) is 34.4 Å². The average molecular weight is 391 g/mol. The first-order valence-electron chi connectivity index (χ1n) is 8.98. The predicted molar refractivity (Wildman–Crippen MR) is 109 cm³/mol. The minimum atomic E-state index is -0.0232. The van der Waals surface area contributed by atoms with Gasteiger partial charge in [0.05, 0.1) is 5.92 Å². The van der Waals surface area contributed by atoms with Crippen molar-refractivity contribution in [3.63, 3.8) is 0 Å². The van der Waals surface area contributed by atoms with Crippen molar-refractivity contribution in [2.24, 2.45) is 5.92 Å². The van der Waals surface area contributed by atoms with Crippen molar-refractivity contribution in [3.8, 4) is 0 Å². The summed E-state index contributed by atoms with van der Waals surface area (Å²) in [4.78, 5) is 15.0. The number of halogens is 2. The number of amides is 1. The summed E-state index contributed by atoms with van der Waals surface area (Å²) in [6, 6.07) is 11.6. The van der Waals surface area contributed by atoms with Gasteiger partial charge in [0.2, 0.25) is 5.91 Å². The molecule has 1 amide bonds. The largest absolute Gasteiger partial charge is 0.326 e. The summed E-state index contributed by atoms with van der Waals surface area (Å²) in [6.45, 7) is 6.44. The third kappa shape index (κ3) is 4.40. The number of nitrogens with zero attached hydrogens (tertiary/aromatic N) is 1. The lowest BCUT2D eigenvalue weighted by atomic mass is 9.96. The second kappa shape index (κ2) is 8.43. The smallest absolute Gasteiger partial charge is 0.228 e. The van der Waals surface area contributed by atoms with Crippen LogP contribution in [-0.2, 0) is 11.3 Å². The molecule has 0 aromatic heterocycles. The summed E-state index contributed by atoms with van der Waals surface area (Å²) < 4.78 is 0. The van der Waals surface area contributed by atoms with Crippen LogP contribution in [0.5, 0.6) is 0 Å². The number of carbonyl (C=O) groups excluding carboxylic acids is 1. The molecule has 1 N–H and O–H groups in total. The van der Waals surface area contributed by atoms with E-state index in [9.17, 15) is 4.79 Å². The monoisotopic (exact) mass is 390 g/mol. The van der Waals surface area contributed by atoms with Gasteiger partial charge in [0.15, 0.2) is 0 Å². The summed E-state index contributed by atoms with van der Waals surface area (Å²) in [5.41, 5.74) is 4.14. The molecular formula is C21H24Cl2N2O. The molecule has 0 radical (unpaired) electrons. The molecule has 3 rings (SSSR count). The molecule has 1 fully saturated rings. The highest BCUT2D eigenvalue weighted by Gasteiger charge is 2.27. The van der Waals surface area contributed by atoms with Crippen LogP contribution in [0.2, 0.25) is 10.0 Å². The van der Waals surface area contributed by atoms with E-state index >= 15 is 0 Å². The Bertz CT molecular complexity index is 786. The number of hydrogen-bond donors (Lipinski definition) is 1. The fourth-order valence-electron chi connectivity index (χ4n) is 3.44. The van der Waals surface area contributed by atoms with Crippen LogP contribution in [0.15, 0.2) is 36.4 Å². The van der Waals surface area contributed by atoms with Gasteiger partial charge in [-0.15, -0.1) is 0 Å². The Labute approximate surface area is 165 Å². The van der Waals surface area contributed by atoms with E-state index in [1.165, 1.54) is 5.56 Å². The quantitative estimate of drug-likeness (QED) is 0.751. The minimum absolute atomic E-state index is 0.0232. The number of aryl methyl sites for hydroxylation is 1. The Morgan fingerprint density at radius 1 is 1.15 bits per heavy atom. The van der Waals surface area contributed by atoms with Crippen molar-refractivity contribution in [1.29, 1.82) is 0 Å². The molecular weight excluding hydrogens is 367 g/mol. The van der Waals surface area contributed by atoms with Crippen molar-refractivity contribution in [1.82, 2.24) is 4.90 Å². The molecule has 5 heteroatoms. The average Bonchev–Trinajstić information content (AvgIpc) is 2.62. The van der Waals surface area contributed by atoms with E-state index in [0.29, 0.717) is 16.6 Å². The SMILES string of the molecule is Cc1cccc(NC(=O)[C@@H]2CCCN(Cc3c(Cl)cccc3Cl)C2)c1C. The van der Waals surface area contributed by atoms with E-state index in [1.807, 2.05) is 37.3 Å². The zero-order valence-electron chi connectivity index (χ0n) is 15.2. The number of hydrogen-bond acceptors (Lipinski definition) is 2. The Balaban J connectivity index is 1.66. The number of likely N-dealkylation sites (tertiary alicyclic amines) is 1. The maximum absolute atomic E-state index is 12.8. The van der Waals surface area contributed by atoms with Crippen LogP contribution in [0, 0.1) is 19.8 Å². The molecule has 0 aliphatic carbocycles. The second-order valence-electron chi connectivity index (χ2n) is 7.01. The summed E-state index contributed by atoms with van der Waals surface area (Å²) in [6.07, 6.45) is 1.90. The van der Waals surface area contributed by atoms with E-state index in [4.69, 9.17) is 23.2 Å². The normalized spacial score (nSPS) is 17.9. The predicted octanol–water partition coefficient (Wildman–Crippen LogP) is 5.46. The number of rotatable bonds is 4. The van der Waals surface area contributed by atoms with Crippen molar-refractivity contribution < 1.29 is 4.79 Å². The first-order valence-corrected chi connectivity index (χ1v) is 9.73. The minimum Gasteiger partial charge on any atom is -0.326 e. The van der Waals surface area contributed by atoms with Gasteiger partial charge >= 0.3 is 0 Å². The van der Waals surface area contributed by atoms with E-state index in [2.05, 4.69) is 23.2 Å². The third-order valence-corrected chi connectivity index (χ3v) is 5.89. The van der Waals surface area contributed by atoms with Crippen molar-refractivity contribution in [3.05, 3.63) is 63.1 Å². The van der Waals surface area contributed by atoms with Crippen LogP contribution in [0.25, 0.3) is 0 Å². The fourth-order valence-corrected chi connectivity index (χ4v) is 3.96. The molecule has 1 aliphatic heterocycles. The number of carbonyl (C=O) groups is 1. The van der Waals surface area contributed by atoms with Crippen molar-refractivity contribution >= 4 is 34.8 Å². The van der Waals surface area contributed by atoms with Gasteiger partial charge in [-0.25, -0.2) is 0 Å². The lowest BCUT2D eigenvalue weighted by molar-refractivity contribution is -0.121. The highest BCUT2D eigenvalue weighted by molar-refractivity contribution is 6.35. The zero-order valence-corrected chi connectivity index (χ0v) is 16.7. The molecule has 3 nitrogen and oxygen atoms in total. The van der Waals surface area contributed by atoms with Gasteiger partial charge in [-0.2, -0.15) is 0 Å². The fraction of sp³-hybridized carbons (Fsp3) is 0.381. The topological polar surface area (TPSA) is 32.3 Å². The van der Waals surface area contributed by atoms with E-state index in [0.717, 1.165) is 42.7 Å². The standard InChI is InChI=1S/C21H24Cl2N2O/c1-14-6-3-10-20(15(14)2)24-21(26)16-7-5-11-25(12-16)13-17-18(22)8-4-9-19(17)23/h3-4,6,8-10,16H,5,7,11-13H2,1-2H3,(H,24,26)/t16-/m1/s1. The van der Waals surface area contributed by atoms with E-state index in [1.54, 1.807) is 0 Å². The Hall–Kier alpha value is -1.55. The van der Waals surface area contributed by atoms with Crippen molar-refractivity contribution in [2.45, 2.75) is 33.2 Å². The summed E-state index contributed by atoms with van der Waals surface area (Å²) >= 11 is 12.6. The lowest BCUT2D eigenvalue weighted by Gasteiger charge is -2.32. The molecule has 0 saturated carbocycles. The van der Waals surface area contributed by atoms with Gasteiger partial charge in [0.25, 0.3) is 0 Å². The molecule has 2 aromatic carbocycles. The van der Waals surface area contributed by atoms with Crippen LogP contribution < -0.4 is 5.32 Å². The summed E-state index contributed by atoms with van der Waals surface area (Å²) in [7, 11) is 0. The third-order valence-electron chi connectivity index (χ3n) is 5.18. The molecule has 26 heavy (non-hydrogen) atoms. The van der Waals surface area contributed by atoms with Gasteiger partial charge in [-0.3, -0.25) is 9.69 Å². The number of anilines is 1. The molecule has 1 atom stereocenters. The molecule has 0 spiro atoms. The first kappa shape index (κ1) is 19.2. The Kier molecular flexibility index (Phi) is 6.23. The Morgan fingerprint density at radius 2 is 1.85 bits per heavy atom. The van der Waals surface area contributed by atoms with Gasteiger partial charge in [0.1, 0.15) is 0 Å². The Morgan fingerprint density at radius 3 is 2.58 bits per heavy atom. The number of nitrogens with one attached hydrogen (secondary N) is 1. The molecule has 2 aromatic rings. The van der Waals surface area contributed by atoms with Crippen LogP contribution in [-0.4, -0.2) is 23.9 Å². The molecule has 1 aliphatic rings. The first-order chi connectivity index (χ1) is 12.5. The van der Waals surface area contributed by atoms with Gasteiger partial charge in [-0.05, 0) is 62.6 Å². The van der Waals surface area contributed by atoms with E-state index in [-0.39, 0.29) is 11.8 Å². The molecule has 1 heterocycles. The summed E-state index contributed by atoms with van der Waals surface area (Å²) in [5, 5.41) is 4.47. The summed E-state index contributed by atoms with van der Waals surface area (Å²) in [5.74, 6) is 0.0681. The van der Waals surface area contributed by atoms with Crippen LogP contribution in [0.1, 0.15) is 29.5 Å². The van der Waals surface area contributed by atoms with E-state index < -0.39 is 0 Å². The van der Waals surface area contributed by atoms with Crippen LogP contribution in [0.4, 0.5) is 5.69 Å². The molecule has 1 saturated heterocycles. The number of piperidine rings is 1. The van der Waals surface area contributed by atoms with Gasteiger partial charge in [-0.1, -0.05) is 41.4 Å². The highest BCUT2D eigenvalue weighted by atomic mass is 35.5. The van der Waals surface area contributed by atoms with Crippen molar-refractivity contribution in [2.75, 3.05) is 18.4 Å².